The van der Waals surface area contributed by atoms with Crippen LogP contribution in [0.4, 0.5) is 5.69 Å². The van der Waals surface area contributed by atoms with E-state index in [1.165, 1.54) is 0 Å². The number of allylic oxidation sites excluding steroid dienone is 2. The van der Waals surface area contributed by atoms with Gasteiger partial charge < -0.3 is 16.4 Å². The van der Waals surface area contributed by atoms with E-state index >= 15 is 0 Å². The number of aryl methyl sites for hydroxylation is 1. The van der Waals surface area contributed by atoms with Crippen LogP contribution in [0.2, 0.25) is 0 Å². The molecule has 1 atom stereocenters. The lowest BCUT2D eigenvalue weighted by Crippen LogP contribution is -2.27. The number of benzene rings is 2. The second-order valence-corrected chi connectivity index (χ2v) is 11.5. The molecule has 0 radical (unpaired) electrons. The van der Waals surface area contributed by atoms with Crippen molar-refractivity contribution in [1.29, 1.82) is 0 Å². The molecule has 2 rings (SSSR count). The lowest BCUT2D eigenvalue weighted by atomic mass is 10.2. The molecule has 0 spiro atoms. The highest BCUT2D eigenvalue weighted by atomic mass is 79.9. The minimum absolute atomic E-state index is 0.150. The van der Waals surface area contributed by atoms with Crippen molar-refractivity contribution in [3.05, 3.63) is 77.1 Å². The Bertz CT molecular complexity index is 1170. The Morgan fingerprint density at radius 1 is 1.22 bits per heavy atom. The zero-order chi connectivity index (χ0) is 23.9. The highest BCUT2D eigenvalue weighted by Gasteiger charge is 2.13. The molecule has 7 nitrogen and oxygen atoms in total. The molecular weight excluding hydrogens is 510 g/mol. The van der Waals surface area contributed by atoms with Gasteiger partial charge in [0.2, 0.25) is 0 Å². The van der Waals surface area contributed by atoms with Crippen LogP contribution < -0.4 is 16.4 Å². The van der Waals surface area contributed by atoms with Gasteiger partial charge in [-0.3, -0.25) is 0 Å². The Morgan fingerprint density at radius 3 is 2.47 bits per heavy atom. The van der Waals surface area contributed by atoms with Crippen LogP contribution >= 0.6 is 15.9 Å². The van der Waals surface area contributed by atoms with Crippen molar-refractivity contribution in [3.63, 3.8) is 0 Å². The lowest BCUT2D eigenvalue weighted by Gasteiger charge is -2.13. The molecule has 172 valence electrons. The fourth-order valence-electron chi connectivity index (χ4n) is 2.52. The van der Waals surface area contributed by atoms with E-state index in [0.29, 0.717) is 16.0 Å². The molecule has 0 saturated carbocycles. The zero-order valence-electron chi connectivity index (χ0n) is 18.5. The molecule has 0 bridgehead atoms. The zero-order valence-corrected chi connectivity index (χ0v) is 21.7. The third-order valence-electron chi connectivity index (χ3n) is 4.04. The van der Waals surface area contributed by atoms with Gasteiger partial charge in [-0.2, -0.15) is 13.4 Å². The second-order valence-electron chi connectivity index (χ2n) is 7.19. The molecule has 2 aromatic rings. The first-order valence-corrected chi connectivity index (χ1v) is 13.5. The number of anilines is 1. The maximum absolute atomic E-state index is 12.7. The fraction of sp³-hybridized carbons (Fsp3) is 0.227. The first-order valence-electron chi connectivity index (χ1n) is 9.72. The topological polar surface area (TPSA) is 109 Å². The molecule has 0 heterocycles. The van der Waals surface area contributed by atoms with Gasteiger partial charge in [0.1, 0.15) is 5.82 Å². The average Bonchev–Trinajstić information content (AvgIpc) is 2.72. The van der Waals surface area contributed by atoms with Crippen LogP contribution in [0.15, 0.2) is 90.0 Å². The average molecular weight is 539 g/mol. The number of guanidine groups is 1. The van der Waals surface area contributed by atoms with Gasteiger partial charge in [0.15, 0.2) is 5.96 Å². The molecule has 0 amide bonds. The maximum Gasteiger partial charge on any atom is 0.288 e. The van der Waals surface area contributed by atoms with Crippen molar-refractivity contribution in [2.45, 2.75) is 36.6 Å². The molecule has 0 aromatic heterocycles. The largest absolute Gasteiger partial charge is 0.369 e. The van der Waals surface area contributed by atoms with Crippen molar-refractivity contribution >= 4 is 48.3 Å². The molecule has 10 heteroatoms. The van der Waals surface area contributed by atoms with Gasteiger partial charge in [-0.05, 0) is 73.3 Å². The van der Waals surface area contributed by atoms with Gasteiger partial charge in [-0.25, -0.2) is 0 Å². The summed E-state index contributed by atoms with van der Waals surface area (Å²) in [6.07, 6.45) is 3.39. The molecule has 0 fully saturated rings. The van der Waals surface area contributed by atoms with Gasteiger partial charge in [-0.15, -0.1) is 3.77 Å². The van der Waals surface area contributed by atoms with E-state index in [1.807, 2.05) is 45.0 Å². The van der Waals surface area contributed by atoms with E-state index in [1.54, 1.807) is 36.6 Å². The summed E-state index contributed by atoms with van der Waals surface area (Å²) in [6.45, 7) is 9.61. The third kappa shape index (κ3) is 7.61. The van der Waals surface area contributed by atoms with Crippen molar-refractivity contribution < 1.29 is 8.42 Å². The minimum atomic E-state index is -3.76. The highest BCUT2D eigenvalue weighted by Crippen LogP contribution is 2.19. The number of rotatable bonds is 8. The minimum Gasteiger partial charge on any atom is -0.369 e. The number of sulfonamides is 1. The first-order chi connectivity index (χ1) is 15.0. The van der Waals surface area contributed by atoms with Crippen LogP contribution in [0.5, 0.6) is 0 Å². The summed E-state index contributed by atoms with van der Waals surface area (Å²) < 4.78 is 30.1. The van der Waals surface area contributed by atoms with Crippen LogP contribution in [-0.4, -0.2) is 26.7 Å². The summed E-state index contributed by atoms with van der Waals surface area (Å²) in [5.74, 6) is 0.717. The summed E-state index contributed by atoms with van der Waals surface area (Å²) in [4.78, 5) is 5.31. The number of halogens is 1. The predicted molar refractivity (Wildman–Crippen MR) is 138 cm³/mol. The van der Waals surface area contributed by atoms with Crippen LogP contribution in [0.3, 0.4) is 0 Å². The van der Waals surface area contributed by atoms with Crippen molar-refractivity contribution in [3.8, 4) is 0 Å². The molecule has 1 unspecified atom stereocenters. The number of aliphatic imine (C=N–C) groups is 1. The quantitative estimate of drug-likeness (QED) is 0.258. The van der Waals surface area contributed by atoms with Gasteiger partial charge in [0.05, 0.1) is 9.38 Å². The summed E-state index contributed by atoms with van der Waals surface area (Å²) in [5.41, 5.74) is 7.74. The van der Waals surface area contributed by atoms with Gasteiger partial charge in [0, 0.05) is 16.6 Å². The van der Waals surface area contributed by atoms with E-state index in [2.05, 4.69) is 41.9 Å². The van der Waals surface area contributed by atoms with Crippen molar-refractivity contribution in [2.24, 2.45) is 14.5 Å². The normalized spacial score (nSPS) is 14.1. The summed E-state index contributed by atoms with van der Waals surface area (Å²) in [6, 6.07) is 14.1. The molecule has 0 saturated heterocycles. The molecule has 0 aliphatic carbocycles. The fourth-order valence-corrected chi connectivity index (χ4v) is 5.64. The van der Waals surface area contributed by atoms with E-state index in [4.69, 9.17) is 5.73 Å². The van der Waals surface area contributed by atoms with E-state index in [-0.39, 0.29) is 16.9 Å². The molecular formula is C22H28BrN5O2S2. The lowest BCUT2D eigenvalue weighted by molar-refractivity contribution is 0.598. The summed E-state index contributed by atoms with van der Waals surface area (Å²) >= 11 is 3.41. The summed E-state index contributed by atoms with van der Waals surface area (Å²) in [5, 5.41) is 6.23. The van der Waals surface area contributed by atoms with Crippen molar-refractivity contribution in [2.75, 3.05) is 11.6 Å². The number of nitrogens with zero attached hydrogens (tertiary/aromatic N) is 2. The number of hydrogen-bond donors (Lipinski definition) is 3. The van der Waals surface area contributed by atoms with Crippen LogP contribution in [0.1, 0.15) is 19.4 Å². The number of nitrogens with two attached hydrogens (primary N) is 1. The molecule has 4 N–H and O–H groups in total. The van der Waals surface area contributed by atoms with Gasteiger partial charge >= 0.3 is 0 Å². The van der Waals surface area contributed by atoms with Gasteiger partial charge in [-0.1, -0.05) is 47.1 Å². The second kappa shape index (κ2) is 11.4. The molecule has 0 aliphatic heterocycles. The Morgan fingerprint density at radius 2 is 1.88 bits per heavy atom. The Kier molecular flexibility index (Phi) is 9.23. The monoisotopic (exact) mass is 537 g/mol. The first kappa shape index (κ1) is 25.8. The van der Waals surface area contributed by atoms with Gasteiger partial charge in [0.25, 0.3) is 10.0 Å². The van der Waals surface area contributed by atoms with E-state index in [9.17, 15) is 8.42 Å². The van der Waals surface area contributed by atoms with E-state index in [0.717, 1.165) is 10.5 Å². The Labute approximate surface area is 201 Å². The molecule has 32 heavy (non-hydrogen) atoms. The Hall–Kier alpha value is -2.43. The van der Waals surface area contributed by atoms with Crippen molar-refractivity contribution in [1.82, 2.24) is 5.32 Å². The number of nitrogens with one attached hydrogen (secondary N) is 2. The number of hydrogen-bond acceptors (Lipinski definition) is 4. The van der Waals surface area contributed by atoms with Crippen LogP contribution in [0.25, 0.3) is 0 Å². The van der Waals surface area contributed by atoms with Crippen LogP contribution in [-0.2, 0) is 20.7 Å². The smallest absolute Gasteiger partial charge is 0.288 e. The SMILES string of the molecule is C=C/C(Br)=C(\N=C(N)Nc1cccc(S(C)=NS(=O)(=O)c2ccc(C)cc2)c1)NC(C)C. The maximum atomic E-state index is 12.7. The predicted octanol–water partition coefficient (Wildman–Crippen LogP) is 4.65. The Balaban J connectivity index is 2.28. The third-order valence-corrected chi connectivity index (χ3v) is 8.22. The van der Waals surface area contributed by atoms with Crippen LogP contribution in [0, 0.1) is 6.92 Å². The molecule has 0 aliphatic rings. The standard InChI is InChI=1S/C22H28BrN5O2S2/c1-6-20(23)21(25-15(2)3)27-22(24)26-17-8-7-9-18(14-17)31(5)28-32(29,30)19-12-10-16(4)11-13-19/h6-15,25H,1H2,2-5H3,(H3,24,26,27)/b21-20+. The summed E-state index contributed by atoms with van der Waals surface area (Å²) in [7, 11) is -4.65. The van der Waals surface area contributed by atoms with E-state index < -0.39 is 20.7 Å². The highest BCUT2D eigenvalue weighted by molar-refractivity contribution is 9.11. The molecule has 2 aromatic carbocycles.